The lowest BCUT2D eigenvalue weighted by Crippen LogP contribution is -2.18. The first-order chi connectivity index (χ1) is 14.1. The third kappa shape index (κ3) is 4.45. The lowest BCUT2D eigenvalue weighted by molar-refractivity contribution is 0.178. The molecule has 7 nitrogen and oxygen atoms in total. The van der Waals surface area contributed by atoms with Crippen molar-refractivity contribution >= 4 is 33.1 Å². The van der Waals surface area contributed by atoms with Crippen LogP contribution in [0.1, 0.15) is 5.82 Å². The predicted octanol–water partition coefficient (Wildman–Crippen LogP) is 4.01. The van der Waals surface area contributed by atoms with E-state index in [0.29, 0.717) is 12.4 Å². The van der Waals surface area contributed by atoms with E-state index in [1.807, 2.05) is 35.3 Å². The topological polar surface area (TPSA) is 68.1 Å². The van der Waals surface area contributed by atoms with E-state index in [1.54, 1.807) is 18.4 Å². The maximum Gasteiger partial charge on any atom is 0.158 e. The number of nitrogens with zero attached hydrogens (tertiary/aromatic N) is 5. The van der Waals surface area contributed by atoms with E-state index in [4.69, 9.17) is 9.72 Å². The maximum atomic E-state index is 5.26. The van der Waals surface area contributed by atoms with Crippen LogP contribution < -0.4 is 5.32 Å². The van der Waals surface area contributed by atoms with Crippen LogP contribution in [-0.2, 0) is 17.9 Å². The van der Waals surface area contributed by atoms with Crippen LogP contribution in [0.4, 0.5) is 11.5 Å². The van der Waals surface area contributed by atoms with Crippen molar-refractivity contribution in [3.05, 3.63) is 53.9 Å². The third-order valence-electron chi connectivity index (χ3n) is 4.51. The molecule has 0 aliphatic carbocycles. The molecule has 1 N–H and O–H groups in total. The zero-order valence-electron chi connectivity index (χ0n) is 16.8. The summed E-state index contributed by atoms with van der Waals surface area (Å²) >= 11 is 1.62. The van der Waals surface area contributed by atoms with E-state index in [9.17, 15) is 0 Å². The van der Waals surface area contributed by atoms with Crippen LogP contribution in [0.3, 0.4) is 0 Å². The van der Waals surface area contributed by atoms with Crippen molar-refractivity contribution in [1.29, 1.82) is 0 Å². The summed E-state index contributed by atoms with van der Waals surface area (Å²) < 4.78 is 7.20. The molecule has 0 amide bonds. The summed E-state index contributed by atoms with van der Waals surface area (Å²) in [5.41, 5.74) is 3.17. The Kier molecular flexibility index (Phi) is 5.84. The van der Waals surface area contributed by atoms with Crippen molar-refractivity contribution in [3.8, 4) is 11.1 Å². The Balaban J connectivity index is 1.72. The lowest BCUT2D eigenvalue weighted by atomic mass is 10.1. The Labute approximate surface area is 174 Å². The Bertz CT molecular complexity index is 1090. The quantitative estimate of drug-likeness (QED) is 0.475. The number of fused-ring (bicyclic) bond motifs is 1. The average Bonchev–Trinajstić information content (AvgIpc) is 3.34. The molecule has 0 aliphatic rings. The normalized spacial score (nSPS) is 11.4. The van der Waals surface area contributed by atoms with Crippen LogP contribution in [-0.4, -0.2) is 52.4 Å². The Morgan fingerprint density at radius 2 is 2.00 bits per heavy atom. The molecule has 8 heteroatoms. The van der Waals surface area contributed by atoms with Crippen LogP contribution in [0, 0.1) is 0 Å². The number of benzene rings is 1. The lowest BCUT2D eigenvalue weighted by Gasteiger charge is -2.10. The number of aromatic nitrogens is 4. The number of hydrogen-bond donors (Lipinski definition) is 1. The summed E-state index contributed by atoms with van der Waals surface area (Å²) in [5.74, 6) is 1.43. The molecule has 150 valence electrons. The van der Waals surface area contributed by atoms with Crippen molar-refractivity contribution in [2.75, 3.05) is 33.1 Å². The van der Waals surface area contributed by atoms with Gasteiger partial charge in [0.2, 0.25) is 0 Å². The first kappa shape index (κ1) is 19.5. The molecular formula is C21H24N6OS. The zero-order valence-corrected chi connectivity index (χ0v) is 17.6. The summed E-state index contributed by atoms with van der Waals surface area (Å²) in [6.07, 6.45) is 3.83. The Morgan fingerprint density at radius 3 is 2.76 bits per heavy atom. The molecule has 0 spiro atoms. The van der Waals surface area contributed by atoms with Crippen LogP contribution in [0.2, 0.25) is 0 Å². The number of ether oxygens (including phenoxy) is 1. The van der Waals surface area contributed by atoms with Crippen LogP contribution >= 0.6 is 11.3 Å². The molecule has 0 bridgehead atoms. The van der Waals surface area contributed by atoms with Crippen LogP contribution in [0.25, 0.3) is 21.3 Å². The smallest absolute Gasteiger partial charge is 0.158 e. The molecule has 0 fully saturated rings. The van der Waals surface area contributed by atoms with Gasteiger partial charge in [0.15, 0.2) is 5.82 Å². The van der Waals surface area contributed by atoms with E-state index in [1.165, 1.54) is 0 Å². The van der Waals surface area contributed by atoms with Crippen molar-refractivity contribution in [2.24, 2.45) is 0 Å². The van der Waals surface area contributed by atoms with E-state index < -0.39 is 0 Å². The number of methoxy groups -OCH3 is 1. The highest BCUT2D eigenvalue weighted by atomic mass is 32.1. The fraction of sp³-hybridized carbons (Fsp3) is 0.286. The highest BCUT2D eigenvalue weighted by molar-refractivity contribution is 7.17. The minimum atomic E-state index is 0.366. The summed E-state index contributed by atoms with van der Waals surface area (Å²) in [4.78, 5) is 12.5. The molecule has 0 saturated heterocycles. The first-order valence-electron chi connectivity index (χ1n) is 9.40. The first-order valence-corrected chi connectivity index (χ1v) is 10.3. The summed E-state index contributed by atoms with van der Waals surface area (Å²) in [7, 11) is 5.76. The van der Waals surface area contributed by atoms with Gasteiger partial charge in [-0.3, -0.25) is 4.68 Å². The fourth-order valence-corrected chi connectivity index (χ4v) is 4.06. The molecule has 1 aromatic carbocycles. The van der Waals surface area contributed by atoms with Gasteiger partial charge in [0, 0.05) is 30.8 Å². The van der Waals surface area contributed by atoms with Crippen LogP contribution in [0.15, 0.2) is 48.1 Å². The second-order valence-corrected chi connectivity index (χ2v) is 7.90. The van der Waals surface area contributed by atoms with Gasteiger partial charge in [-0.25, -0.2) is 9.97 Å². The highest BCUT2D eigenvalue weighted by Crippen LogP contribution is 2.37. The van der Waals surface area contributed by atoms with Crippen LogP contribution in [0.5, 0.6) is 0 Å². The van der Waals surface area contributed by atoms with E-state index >= 15 is 0 Å². The van der Waals surface area contributed by atoms with E-state index in [-0.39, 0.29) is 0 Å². The summed E-state index contributed by atoms with van der Waals surface area (Å²) in [6, 6.07) is 10.3. The number of hydrogen-bond acceptors (Lipinski definition) is 7. The maximum absolute atomic E-state index is 5.26. The van der Waals surface area contributed by atoms with E-state index in [0.717, 1.165) is 45.9 Å². The van der Waals surface area contributed by atoms with E-state index in [2.05, 4.69) is 51.9 Å². The number of anilines is 2. The SMILES string of the molecule is COCc1nc(Nc2cnn(CCN(C)C)c2)c2c(-c3ccccc3)csc2n1. The van der Waals surface area contributed by atoms with Gasteiger partial charge in [0.25, 0.3) is 0 Å². The van der Waals surface area contributed by atoms with Crippen molar-refractivity contribution in [1.82, 2.24) is 24.6 Å². The van der Waals surface area contributed by atoms with Gasteiger partial charge in [0.1, 0.15) is 17.3 Å². The molecule has 4 aromatic rings. The minimum absolute atomic E-state index is 0.366. The average molecular weight is 409 g/mol. The molecule has 3 aromatic heterocycles. The van der Waals surface area contributed by atoms with Gasteiger partial charge in [-0.2, -0.15) is 5.10 Å². The van der Waals surface area contributed by atoms with Gasteiger partial charge in [-0.05, 0) is 19.7 Å². The number of nitrogens with one attached hydrogen (secondary N) is 1. The Hall–Kier alpha value is -2.81. The highest BCUT2D eigenvalue weighted by Gasteiger charge is 2.16. The fourth-order valence-electron chi connectivity index (χ4n) is 3.09. The monoisotopic (exact) mass is 408 g/mol. The second-order valence-electron chi connectivity index (χ2n) is 7.04. The van der Waals surface area contributed by atoms with Gasteiger partial charge in [0.05, 0.1) is 23.8 Å². The number of rotatable bonds is 8. The molecule has 29 heavy (non-hydrogen) atoms. The second kappa shape index (κ2) is 8.69. The third-order valence-corrected chi connectivity index (χ3v) is 5.38. The molecule has 0 saturated carbocycles. The minimum Gasteiger partial charge on any atom is -0.377 e. The predicted molar refractivity (Wildman–Crippen MR) is 118 cm³/mol. The zero-order chi connectivity index (χ0) is 20.2. The Morgan fingerprint density at radius 1 is 1.17 bits per heavy atom. The number of likely N-dealkylation sites (N-methyl/N-ethyl adjacent to an activating group) is 1. The molecular weight excluding hydrogens is 384 g/mol. The molecule has 3 heterocycles. The van der Waals surface area contributed by atoms with Gasteiger partial charge < -0.3 is 15.0 Å². The molecule has 0 atom stereocenters. The molecule has 0 unspecified atom stereocenters. The number of thiophene rings is 1. The van der Waals surface area contributed by atoms with Gasteiger partial charge >= 0.3 is 0 Å². The van der Waals surface area contributed by atoms with Gasteiger partial charge in [-0.1, -0.05) is 30.3 Å². The molecule has 0 radical (unpaired) electrons. The van der Waals surface area contributed by atoms with Crippen molar-refractivity contribution in [2.45, 2.75) is 13.2 Å². The molecule has 0 aliphatic heterocycles. The van der Waals surface area contributed by atoms with Crippen molar-refractivity contribution < 1.29 is 4.74 Å². The largest absolute Gasteiger partial charge is 0.377 e. The standard InChI is InChI=1S/C21H24N6OS/c1-26(2)9-10-27-12-16(11-22-27)23-20-19-17(15-7-5-4-6-8-15)14-29-21(19)25-18(24-20)13-28-3/h4-8,11-12,14H,9-10,13H2,1-3H3,(H,23,24,25). The molecule has 4 rings (SSSR count). The summed E-state index contributed by atoms with van der Waals surface area (Å²) in [6.45, 7) is 2.13. The van der Waals surface area contributed by atoms with Crippen molar-refractivity contribution in [3.63, 3.8) is 0 Å². The summed E-state index contributed by atoms with van der Waals surface area (Å²) in [5, 5.41) is 11.1. The van der Waals surface area contributed by atoms with Gasteiger partial charge in [-0.15, -0.1) is 11.3 Å².